The van der Waals surface area contributed by atoms with Gasteiger partial charge in [0.1, 0.15) is 5.75 Å². The summed E-state index contributed by atoms with van der Waals surface area (Å²) < 4.78 is 0. The quantitative estimate of drug-likeness (QED) is 0.746. The normalized spacial score (nSPS) is 12.5. The van der Waals surface area contributed by atoms with Crippen molar-refractivity contribution in [1.29, 1.82) is 0 Å². The third-order valence-corrected chi connectivity index (χ3v) is 3.08. The van der Waals surface area contributed by atoms with Crippen LogP contribution in [0.1, 0.15) is 36.2 Å². The molecule has 4 nitrogen and oxygen atoms in total. The average molecular weight is 250 g/mol. The molecule has 0 fully saturated rings. The minimum Gasteiger partial charge on any atom is -0.507 e. The van der Waals surface area contributed by atoms with Gasteiger partial charge in [0.15, 0.2) is 0 Å². The number of benzene rings is 1. The van der Waals surface area contributed by atoms with Gasteiger partial charge in [-0.2, -0.15) is 0 Å². The molecule has 100 valence electrons. The van der Waals surface area contributed by atoms with E-state index in [0.717, 1.165) is 6.42 Å². The molecule has 1 atom stereocenters. The standard InChI is InChI=1S/C14H22N2O2/c1-9(2)12(7-8-15)16-14(18)11-6-4-5-10(3)13(11)17/h4-6,9,12,17H,7-8,15H2,1-3H3,(H,16,18). The van der Waals surface area contributed by atoms with Gasteiger partial charge in [0, 0.05) is 6.04 Å². The second-order valence-corrected chi connectivity index (χ2v) is 4.87. The zero-order chi connectivity index (χ0) is 13.7. The summed E-state index contributed by atoms with van der Waals surface area (Å²) in [4.78, 5) is 12.1. The molecule has 0 heterocycles. The molecule has 4 heteroatoms. The molecule has 18 heavy (non-hydrogen) atoms. The molecule has 0 saturated carbocycles. The molecule has 0 aromatic heterocycles. The number of phenols is 1. The first-order valence-electron chi connectivity index (χ1n) is 6.26. The first-order chi connectivity index (χ1) is 8.47. The number of rotatable bonds is 5. The summed E-state index contributed by atoms with van der Waals surface area (Å²) in [7, 11) is 0. The summed E-state index contributed by atoms with van der Waals surface area (Å²) in [6, 6.07) is 5.18. The lowest BCUT2D eigenvalue weighted by atomic mass is 10.00. The molecule has 0 aliphatic rings. The highest BCUT2D eigenvalue weighted by atomic mass is 16.3. The fraction of sp³-hybridized carbons (Fsp3) is 0.500. The van der Waals surface area contributed by atoms with Crippen LogP contribution >= 0.6 is 0 Å². The van der Waals surface area contributed by atoms with Crippen LogP contribution in [0.5, 0.6) is 5.75 Å². The molecule has 0 aliphatic carbocycles. The average Bonchev–Trinajstić information content (AvgIpc) is 2.31. The Morgan fingerprint density at radius 1 is 1.44 bits per heavy atom. The molecular formula is C14H22N2O2. The Morgan fingerprint density at radius 3 is 2.67 bits per heavy atom. The van der Waals surface area contributed by atoms with Gasteiger partial charge in [-0.15, -0.1) is 0 Å². The molecule has 1 aromatic carbocycles. The van der Waals surface area contributed by atoms with Crippen molar-refractivity contribution < 1.29 is 9.90 Å². The van der Waals surface area contributed by atoms with Crippen molar-refractivity contribution in [3.8, 4) is 5.75 Å². The molecule has 0 radical (unpaired) electrons. The van der Waals surface area contributed by atoms with Crippen molar-refractivity contribution in [1.82, 2.24) is 5.32 Å². The Balaban J connectivity index is 2.84. The van der Waals surface area contributed by atoms with Gasteiger partial charge in [-0.25, -0.2) is 0 Å². The summed E-state index contributed by atoms with van der Waals surface area (Å²) in [5.41, 5.74) is 6.55. The van der Waals surface area contributed by atoms with E-state index in [1.807, 2.05) is 13.8 Å². The third kappa shape index (κ3) is 3.47. The maximum atomic E-state index is 12.1. The highest BCUT2D eigenvalue weighted by Crippen LogP contribution is 2.21. The van der Waals surface area contributed by atoms with E-state index in [2.05, 4.69) is 5.32 Å². The van der Waals surface area contributed by atoms with E-state index in [1.54, 1.807) is 25.1 Å². The van der Waals surface area contributed by atoms with E-state index < -0.39 is 0 Å². The van der Waals surface area contributed by atoms with Crippen LogP contribution in [0.25, 0.3) is 0 Å². The van der Waals surface area contributed by atoms with Gasteiger partial charge >= 0.3 is 0 Å². The molecular weight excluding hydrogens is 228 g/mol. The Bertz CT molecular complexity index is 416. The van der Waals surface area contributed by atoms with E-state index in [9.17, 15) is 9.90 Å². The number of aryl methyl sites for hydroxylation is 1. The van der Waals surface area contributed by atoms with Gasteiger partial charge < -0.3 is 16.2 Å². The second-order valence-electron chi connectivity index (χ2n) is 4.87. The van der Waals surface area contributed by atoms with Crippen LogP contribution in [0.3, 0.4) is 0 Å². The Morgan fingerprint density at radius 2 is 2.11 bits per heavy atom. The molecule has 1 amide bonds. The van der Waals surface area contributed by atoms with Gasteiger partial charge in [-0.3, -0.25) is 4.79 Å². The zero-order valence-electron chi connectivity index (χ0n) is 11.2. The fourth-order valence-electron chi connectivity index (χ4n) is 1.84. The molecule has 1 rings (SSSR count). The third-order valence-electron chi connectivity index (χ3n) is 3.08. The fourth-order valence-corrected chi connectivity index (χ4v) is 1.84. The summed E-state index contributed by atoms with van der Waals surface area (Å²) >= 11 is 0. The minimum absolute atomic E-state index is 0.0300. The Hall–Kier alpha value is -1.55. The number of phenolic OH excluding ortho intramolecular Hbond substituents is 1. The zero-order valence-corrected chi connectivity index (χ0v) is 11.2. The minimum atomic E-state index is -0.247. The second kappa shape index (κ2) is 6.40. The molecule has 0 aliphatic heterocycles. The SMILES string of the molecule is Cc1cccc(C(=O)NC(CCN)C(C)C)c1O. The van der Waals surface area contributed by atoms with Crippen LogP contribution in [0, 0.1) is 12.8 Å². The summed E-state index contributed by atoms with van der Waals surface area (Å²) in [6.45, 7) is 6.38. The molecule has 0 saturated heterocycles. The number of carbonyl (C=O) groups excluding carboxylic acids is 1. The van der Waals surface area contributed by atoms with E-state index >= 15 is 0 Å². The maximum Gasteiger partial charge on any atom is 0.255 e. The van der Waals surface area contributed by atoms with E-state index in [0.29, 0.717) is 23.6 Å². The molecule has 1 aromatic rings. The summed E-state index contributed by atoms with van der Waals surface area (Å²) in [5, 5.41) is 12.8. The lowest BCUT2D eigenvalue weighted by molar-refractivity contribution is 0.0921. The van der Waals surface area contributed by atoms with Crippen molar-refractivity contribution >= 4 is 5.91 Å². The lowest BCUT2D eigenvalue weighted by Gasteiger charge is -2.22. The smallest absolute Gasteiger partial charge is 0.255 e. The van der Waals surface area contributed by atoms with E-state index in [1.165, 1.54) is 0 Å². The lowest BCUT2D eigenvalue weighted by Crippen LogP contribution is -2.40. The summed E-state index contributed by atoms with van der Waals surface area (Å²) in [5.74, 6) is 0.109. The highest BCUT2D eigenvalue weighted by Gasteiger charge is 2.18. The molecule has 4 N–H and O–H groups in total. The number of aromatic hydroxyl groups is 1. The van der Waals surface area contributed by atoms with Crippen molar-refractivity contribution in [2.75, 3.05) is 6.54 Å². The van der Waals surface area contributed by atoms with Crippen LogP contribution in [-0.4, -0.2) is 23.6 Å². The largest absolute Gasteiger partial charge is 0.507 e. The maximum absolute atomic E-state index is 12.1. The van der Waals surface area contributed by atoms with Crippen molar-refractivity contribution in [3.05, 3.63) is 29.3 Å². The van der Waals surface area contributed by atoms with Crippen LogP contribution in [0.4, 0.5) is 0 Å². The summed E-state index contributed by atoms with van der Waals surface area (Å²) in [6.07, 6.45) is 0.732. The molecule has 0 bridgehead atoms. The molecule has 1 unspecified atom stereocenters. The van der Waals surface area contributed by atoms with Gasteiger partial charge in [0.25, 0.3) is 5.91 Å². The van der Waals surface area contributed by atoms with Crippen LogP contribution in [0.2, 0.25) is 0 Å². The van der Waals surface area contributed by atoms with Gasteiger partial charge in [-0.1, -0.05) is 26.0 Å². The number of nitrogens with one attached hydrogen (secondary N) is 1. The van der Waals surface area contributed by atoms with Crippen molar-refractivity contribution in [3.63, 3.8) is 0 Å². The number of para-hydroxylation sites is 1. The number of nitrogens with two attached hydrogens (primary N) is 1. The topological polar surface area (TPSA) is 75.4 Å². The van der Waals surface area contributed by atoms with Gasteiger partial charge in [0.05, 0.1) is 5.56 Å². The van der Waals surface area contributed by atoms with E-state index in [-0.39, 0.29) is 17.7 Å². The number of hydrogen-bond donors (Lipinski definition) is 3. The van der Waals surface area contributed by atoms with Crippen LogP contribution < -0.4 is 11.1 Å². The number of carbonyl (C=O) groups is 1. The van der Waals surface area contributed by atoms with E-state index in [4.69, 9.17) is 5.73 Å². The monoisotopic (exact) mass is 250 g/mol. The van der Waals surface area contributed by atoms with Gasteiger partial charge in [-0.05, 0) is 37.4 Å². The molecule has 0 spiro atoms. The van der Waals surface area contributed by atoms with Crippen LogP contribution in [0.15, 0.2) is 18.2 Å². The highest BCUT2D eigenvalue weighted by molar-refractivity contribution is 5.97. The van der Waals surface area contributed by atoms with Crippen molar-refractivity contribution in [2.45, 2.75) is 33.2 Å². The first-order valence-corrected chi connectivity index (χ1v) is 6.26. The Kier molecular flexibility index (Phi) is 5.16. The number of amides is 1. The first kappa shape index (κ1) is 14.5. The van der Waals surface area contributed by atoms with Crippen molar-refractivity contribution in [2.24, 2.45) is 11.7 Å². The number of hydrogen-bond acceptors (Lipinski definition) is 3. The predicted octanol–water partition coefficient (Wildman–Crippen LogP) is 1.80. The van der Waals surface area contributed by atoms with Crippen LogP contribution in [-0.2, 0) is 0 Å². The van der Waals surface area contributed by atoms with Gasteiger partial charge in [0.2, 0.25) is 0 Å². The predicted molar refractivity (Wildman–Crippen MR) is 72.6 cm³/mol. The Labute approximate surface area is 108 Å².